The lowest BCUT2D eigenvalue weighted by Crippen LogP contribution is -2.28. The molecule has 1 aromatic carbocycles. The first-order valence-corrected chi connectivity index (χ1v) is 8.55. The molecule has 9 nitrogen and oxygen atoms in total. The Morgan fingerprint density at radius 3 is 2.26 bits per heavy atom. The molecule has 0 radical (unpaired) electrons. The molecule has 1 atom stereocenters. The fourth-order valence-electron chi connectivity index (χ4n) is 2.29. The van der Waals surface area contributed by atoms with Crippen LogP contribution in [0.5, 0.6) is 0 Å². The Bertz CT molecular complexity index is 829. The fourth-order valence-corrected chi connectivity index (χ4v) is 2.29. The third-order valence-electron chi connectivity index (χ3n) is 3.70. The van der Waals surface area contributed by atoms with Gasteiger partial charge in [-0.15, -0.1) is 5.10 Å². The van der Waals surface area contributed by atoms with E-state index in [0.717, 1.165) is 10.2 Å². The highest BCUT2D eigenvalue weighted by atomic mass is 16.5. The Morgan fingerprint density at radius 2 is 1.67 bits per heavy atom. The number of aryl methyl sites for hydroxylation is 1. The van der Waals surface area contributed by atoms with Gasteiger partial charge in [-0.3, -0.25) is 4.79 Å². The van der Waals surface area contributed by atoms with Gasteiger partial charge in [0.15, 0.2) is 5.69 Å². The van der Waals surface area contributed by atoms with Gasteiger partial charge >= 0.3 is 11.9 Å². The van der Waals surface area contributed by atoms with Gasteiger partial charge in [-0.2, -0.15) is 0 Å². The van der Waals surface area contributed by atoms with Crippen LogP contribution in [0.3, 0.4) is 0 Å². The standard InChI is InChI=1S/C18H22N4O5/c1-5-26-17(24)14-15(18(25)27-6-2)22(21-20-14)12(4)16(23)19-13-9-7-11(3)8-10-13/h7-10,12H,5-6H2,1-4H3,(H,19,23)/t12-/m0/s1. The third kappa shape index (κ3) is 4.69. The van der Waals surface area contributed by atoms with Crippen molar-refractivity contribution in [2.45, 2.75) is 33.7 Å². The summed E-state index contributed by atoms with van der Waals surface area (Å²) in [5, 5.41) is 10.3. The Morgan fingerprint density at radius 1 is 1.07 bits per heavy atom. The van der Waals surface area contributed by atoms with E-state index < -0.39 is 23.9 Å². The number of aromatic nitrogens is 3. The maximum Gasteiger partial charge on any atom is 0.361 e. The second-order valence-corrected chi connectivity index (χ2v) is 5.70. The van der Waals surface area contributed by atoms with Crippen LogP contribution in [0.4, 0.5) is 5.69 Å². The van der Waals surface area contributed by atoms with Crippen molar-refractivity contribution in [1.29, 1.82) is 0 Å². The molecule has 9 heteroatoms. The zero-order chi connectivity index (χ0) is 20.0. The number of benzene rings is 1. The number of anilines is 1. The maximum absolute atomic E-state index is 12.6. The summed E-state index contributed by atoms with van der Waals surface area (Å²) >= 11 is 0. The van der Waals surface area contributed by atoms with Crippen LogP contribution in [0, 0.1) is 6.92 Å². The molecule has 0 aliphatic carbocycles. The summed E-state index contributed by atoms with van der Waals surface area (Å²) < 4.78 is 10.9. The maximum atomic E-state index is 12.6. The van der Waals surface area contributed by atoms with Gasteiger partial charge < -0.3 is 14.8 Å². The number of nitrogens with zero attached hydrogens (tertiary/aromatic N) is 3. The average molecular weight is 374 g/mol. The monoisotopic (exact) mass is 374 g/mol. The Labute approximate surface area is 156 Å². The second-order valence-electron chi connectivity index (χ2n) is 5.70. The molecule has 1 heterocycles. The molecule has 2 aromatic rings. The van der Waals surface area contributed by atoms with E-state index in [1.165, 1.54) is 6.92 Å². The SMILES string of the molecule is CCOC(=O)c1nnn([C@@H](C)C(=O)Nc2ccc(C)cc2)c1C(=O)OCC. The minimum absolute atomic E-state index is 0.0935. The minimum Gasteiger partial charge on any atom is -0.461 e. The molecule has 0 fully saturated rings. The van der Waals surface area contributed by atoms with Crippen LogP contribution in [-0.2, 0) is 14.3 Å². The van der Waals surface area contributed by atoms with Crippen molar-refractivity contribution in [2.75, 3.05) is 18.5 Å². The van der Waals surface area contributed by atoms with Gasteiger partial charge in [0.2, 0.25) is 11.6 Å². The molecule has 0 aliphatic heterocycles. The van der Waals surface area contributed by atoms with Crippen molar-refractivity contribution in [3.8, 4) is 0 Å². The van der Waals surface area contributed by atoms with E-state index in [2.05, 4.69) is 15.6 Å². The van der Waals surface area contributed by atoms with Crippen LogP contribution >= 0.6 is 0 Å². The first-order chi connectivity index (χ1) is 12.9. The van der Waals surface area contributed by atoms with Gasteiger partial charge in [0, 0.05) is 5.69 Å². The smallest absolute Gasteiger partial charge is 0.361 e. The molecule has 0 bridgehead atoms. The lowest BCUT2D eigenvalue weighted by atomic mass is 10.2. The summed E-state index contributed by atoms with van der Waals surface area (Å²) in [5.74, 6) is -2.04. The molecule has 2 rings (SSSR count). The zero-order valence-corrected chi connectivity index (χ0v) is 15.7. The van der Waals surface area contributed by atoms with Crippen LogP contribution in [0.25, 0.3) is 0 Å². The summed E-state index contributed by atoms with van der Waals surface area (Å²) in [6, 6.07) is 6.33. The highest BCUT2D eigenvalue weighted by Crippen LogP contribution is 2.17. The number of carbonyl (C=O) groups excluding carboxylic acids is 3. The number of nitrogens with one attached hydrogen (secondary N) is 1. The topological polar surface area (TPSA) is 112 Å². The van der Waals surface area contributed by atoms with Gasteiger partial charge in [-0.25, -0.2) is 14.3 Å². The molecule has 0 aliphatic rings. The molecule has 0 spiro atoms. The number of ether oxygens (including phenoxy) is 2. The summed E-state index contributed by atoms with van der Waals surface area (Å²) in [7, 11) is 0. The highest BCUT2D eigenvalue weighted by molar-refractivity contribution is 6.01. The largest absolute Gasteiger partial charge is 0.461 e. The van der Waals surface area contributed by atoms with E-state index in [4.69, 9.17) is 9.47 Å². The third-order valence-corrected chi connectivity index (χ3v) is 3.70. The molecular formula is C18H22N4O5. The van der Waals surface area contributed by atoms with Crippen molar-refractivity contribution < 1.29 is 23.9 Å². The number of hydrogen-bond donors (Lipinski definition) is 1. The number of esters is 2. The number of amides is 1. The van der Waals surface area contributed by atoms with E-state index in [0.29, 0.717) is 5.69 Å². The van der Waals surface area contributed by atoms with Crippen molar-refractivity contribution in [2.24, 2.45) is 0 Å². The molecule has 0 saturated heterocycles. The minimum atomic E-state index is -0.915. The molecule has 1 amide bonds. The summed E-state index contributed by atoms with van der Waals surface area (Å²) in [6.45, 7) is 6.93. The number of hydrogen-bond acceptors (Lipinski definition) is 7. The predicted octanol–water partition coefficient (Wildman–Crippen LogP) is 2.14. The van der Waals surface area contributed by atoms with Gasteiger partial charge in [0.1, 0.15) is 6.04 Å². The van der Waals surface area contributed by atoms with Crippen molar-refractivity contribution in [3.05, 3.63) is 41.2 Å². The molecule has 1 N–H and O–H groups in total. The zero-order valence-electron chi connectivity index (χ0n) is 15.7. The van der Waals surface area contributed by atoms with Crippen LogP contribution in [0.2, 0.25) is 0 Å². The van der Waals surface area contributed by atoms with Crippen LogP contribution < -0.4 is 5.32 Å². The summed E-state index contributed by atoms with van der Waals surface area (Å²) in [5.41, 5.74) is 1.15. The predicted molar refractivity (Wildman–Crippen MR) is 96.5 cm³/mol. The lowest BCUT2D eigenvalue weighted by Gasteiger charge is -2.14. The summed E-state index contributed by atoms with van der Waals surface area (Å²) in [6.07, 6.45) is 0. The normalized spacial score (nSPS) is 11.6. The molecule has 1 aromatic heterocycles. The van der Waals surface area contributed by atoms with E-state index in [1.807, 2.05) is 19.1 Å². The van der Waals surface area contributed by atoms with Crippen LogP contribution in [0.1, 0.15) is 53.4 Å². The van der Waals surface area contributed by atoms with Gasteiger partial charge in [0.25, 0.3) is 0 Å². The Hall–Kier alpha value is -3.23. The average Bonchev–Trinajstić information content (AvgIpc) is 3.08. The van der Waals surface area contributed by atoms with Crippen molar-refractivity contribution in [1.82, 2.24) is 15.0 Å². The van der Waals surface area contributed by atoms with Gasteiger partial charge in [0.05, 0.1) is 13.2 Å². The molecule has 144 valence electrons. The number of carbonyl (C=O) groups is 3. The van der Waals surface area contributed by atoms with E-state index in [9.17, 15) is 14.4 Å². The molecule has 0 unspecified atom stereocenters. The highest BCUT2D eigenvalue weighted by Gasteiger charge is 2.31. The first kappa shape index (κ1) is 20.1. The lowest BCUT2D eigenvalue weighted by molar-refractivity contribution is -0.119. The van der Waals surface area contributed by atoms with E-state index in [-0.39, 0.29) is 24.6 Å². The van der Waals surface area contributed by atoms with Crippen LogP contribution in [0.15, 0.2) is 24.3 Å². The van der Waals surface area contributed by atoms with Crippen molar-refractivity contribution in [3.63, 3.8) is 0 Å². The van der Waals surface area contributed by atoms with Crippen molar-refractivity contribution >= 4 is 23.5 Å². The summed E-state index contributed by atoms with van der Waals surface area (Å²) in [4.78, 5) is 36.9. The Kier molecular flexibility index (Phi) is 6.64. The quantitative estimate of drug-likeness (QED) is 0.739. The number of rotatable bonds is 7. The fraction of sp³-hybridized carbons (Fsp3) is 0.389. The van der Waals surface area contributed by atoms with Gasteiger partial charge in [-0.05, 0) is 39.8 Å². The molecule has 27 heavy (non-hydrogen) atoms. The Balaban J connectivity index is 2.31. The van der Waals surface area contributed by atoms with Crippen LogP contribution in [-0.4, -0.2) is 46.1 Å². The first-order valence-electron chi connectivity index (χ1n) is 8.55. The van der Waals surface area contributed by atoms with E-state index in [1.54, 1.807) is 26.0 Å². The molecular weight excluding hydrogens is 352 g/mol. The second kappa shape index (κ2) is 8.93. The van der Waals surface area contributed by atoms with Gasteiger partial charge in [-0.1, -0.05) is 22.9 Å². The molecule has 0 saturated carbocycles. The van der Waals surface area contributed by atoms with E-state index >= 15 is 0 Å².